The number of β-amino-alcohol motifs (C(OH)–C–C–N with tert-alkyl or cyclic N) is 1. The maximum absolute atomic E-state index is 12.7. The van der Waals surface area contributed by atoms with Crippen LogP contribution in [-0.4, -0.2) is 66.9 Å². The molecule has 1 N–H and O–H groups in total. The molecule has 3 aliphatic rings. The number of hydrogen-bond donors (Lipinski definition) is 1. The average Bonchev–Trinajstić information content (AvgIpc) is 3.38. The maximum atomic E-state index is 12.7. The van der Waals surface area contributed by atoms with Crippen molar-refractivity contribution in [1.82, 2.24) is 9.80 Å². The second-order valence-electron chi connectivity index (χ2n) is 9.14. The van der Waals surface area contributed by atoms with Gasteiger partial charge < -0.3 is 19.6 Å². The van der Waals surface area contributed by atoms with Gasteiger partial charge in [0.1, 0.15) is 0 Å². The molecule has 3 atom stereocenters. The van der Waals surface area contributed by atoms with Gasteiger partial charge in [0.15, 0.2) is 0 Å². The molecular weight excluding hydrogens is 352 g/mol. The van der Waals surface area contributed by atoms with Crippen LogP contribution in [0.2, 0.25) is 0 Å². The number of nitrogens with zero attached hydrogens (tertiary/aromatic N) is 2. The number of likely N-dealkylation sites (tertiary alicyclic amines) is 2. The smallest absolute Gasteiger partial charge is 0.320 e. The Balaban J connectivity index is 1.28. The Bertz CT molecular complexity index is 657. The van der Waals surface area contributed by atoms with Gasteiger partial charge in [-0.1, -0.05) is 30.3 Å². The first kappa shape index (κ1) is 19.7. The third kappa shape index (κ3) is 4.36. The number of benzene rings is 1. The van der Waals surface area contributed by atoms with Crippen molar-refractivity contribution in [2.75, 3.05) is 39.9 Å². The van der Waals surface area contributed by atoms with E-state index in [4.69, 9.17) is 4.74 Å². The molecule has 1 aliphatic carbocycles. The molecule has 2 amide bonds. The zero-order chi connectivity index (χ0) is 19.6. The number of urea groups is 1. The molecule has 1 saturated carbocycles. The quantitative estimate of drug-likeness (QED) is 0.814. The van der Waals surface area contributed by atoms with Crippen molar-refractivity contribution in [2.24, 2.45) is 11.3 Å². The van der Waals surface area contributed by atoms with E-state index in [0.717, 1.165) is 44.4 Å². The van der Waals surface area contributed by atoms with E-state index >= 15 is 0 Å². The maximum Gasteiger partial charge on any atom is 0.320 e. The Morgan fingerprint density at radius 2 is 1.93 bits per heavy atom. The van der Waals surface area contributed by atoms with Crippen LogP contribution >= 0.6 is 0 Å². The molecule has 1 aromatic carbocycles. The van der Waals surface area contributed by atoms with E-state index in [1.165, 1.54) is 24.8 Å². The Morgan fingerprint density at radius 1 is 1.18 bits per heavy atom. The van der Waals surface area contributed by atoms with E-state index in [2.05, 4.69) is 30.3 Å². The van der Waals surface area contributed by atoms with Gasteiger partial charge in [0.25, 0.3) is 0 Å². The summed E-state index contributed by atoms with van der Waals surface area (Å²) in [5, 5.41) is 9.70. The SMILES string of the molecule is COCC1(CC[C@@H]2CC2c2ccccc2)CCN(C(=O)N2CC[C@H](O)C2)CC1. The first-order chi connectivity index (χ1) is 13.6. The molecule has 2 aliphatic heterocycles. The molecule has 0 aromatic heterocycles. The summed E-state index contributed by atoms with van der Waals surface area (Å²) in [6.07, 6.45) is 6.16. The van der Waals surface area contributed by atoms with Crippen LogP contribution in [0, 0.1) is 11.3 Å². The molecule has 1 aromatic rings. The van der Waals surface area contributed by atoms with E-state index in [1.54, 1.807) is 7.11 Å². The predicted molar refractivity (Wildman–Crippen MR) is 109 cm³/mol. The first-order valence-corrected chi connectivity index (χ1v) is 10.9. The van der Waals surface area contributed by atoms with Gasteiger partial charge in [-0.2, -0.15) is 0 Å². The van der Waals surface area contributed by atoms with Gasteiger partial charge in [-0.25, -0.2) is 4.79 Å². The Hall–Kier alpha value is -1.59. The standard InChI is InChI=1S/C23H34N2O3/c1-28-17-23(9-7-19-15-21(19)18-5-3-2-4-6-18)10-13-24(14-11-23)22(27)25-12-8-20(26)16-25/h2-6,19-21,26H,7-17H2,1H3/t19-,20+,21?/m1/s1. The van der Waals surface area contributed by atoms with Gasteiger partial charge in [-0.05, 0) is 61.3 Å². The molecule has 154 valence electrons. The molecule has 5 heteroatoms. The number of carbonyl (C=O) groups excluding carboxylic acids is 1. The molecule has 0 radical (unpaired) electrons. The number of aliphatic hydroxyl groups excluding tert-OH is 1. The summed E-state index contributed by atoms with van der Waals surface area (Å²) in [5.74, 6) is 1.55. The highest BCUT2D eigenvalue weighted by Crippen LogP contribution is 2.52. The number of methoxy groups -OCH3 is 1. The highest BCUT2D eigenvalue weighted by Gasteiger charge is 2.42. The van der Waals surface area contributed by atoms with E-state index in [9.17, 15) is 9.90 Å². The van der Waals surface area contributed by atoms with Gasteiger partial charge in [-0.3, -0.25) is 0 Å². The monoisotopic (exact) mass is 386 g/mol. The number of carbonyl (C=O) groups is 1. The number of piperidine rings is 1. The lowest BCUT2D eigenvalue weighted by Crippen LogP contribution is -2.49. The third-order valence-corrected chi connectivity index (χ3v) is 7.17. The molecule has 0 bridgehead atoms. The first-order valence-electron chi connectivity index (χ1n) is 10.9. The molecule has 3 fully saturated rings. The molecule has 0 spiro atoms. The van der Waals surface area contributed by atoms with Crippen molar-refractivity contribution < 1.29 is 14.6 Å². The minimum atomic E-state index is -0.350. The van der Waals surface area contributed by atoms with Crippen LogP contribution in [-0.2, 0) is 4.74 Å². The molecule has 1 unspecified atom stereocenters. The lowest BCUT2D eigenvalue weighted by Gasteiger charge is -2.42. The fourth-order valence-electron chi connectivity index (χ4n) is 5.23. The normalized spacial score (nSPS) is 29.1. The highest BCUT2D eigenvalue weighted by molar-refractivity contribution is 5.75. The molecule has 4 rings (SSSR count). The molecule has 28 heavy (non-hydrogen) atoms. The fourth-order valence-corrected chi connectivity index (χ4v) is 5.23. The van der Waals surface area contributed by atoms with Crippen molar-refractivity contribution in [3.05, 3.63) is 35.9 Å². The van der Waals surface area contributed by atoms with Gasteiger partial charge in [0, 0.05) is 33.3 Å². The van der Waals surface area contributed by atoms with E-state index in [0.29, 0.717) is 19.5 Å². The summed E-state index contributed by atoms with van der Waals surface area (Å²) in [6, 6.07) is 11.0. The Labute approximate surface area is 168 Å². The predicted octanol–water partition coefficient (Wildman–Crippen LogP) is 3.49. The van der Waals surface area contributed by atoms with Crippen LogP contribution in [0.1, 0.15) is 50.0 Å². The summed E-state index contributed by atoms with van der Waals surface area (Å²) in [4.78, 5) is 16.5. The number of amides is 2. The van der Waals surface area contributed by atoms with Gasteiger partial charge in [0.05, 0.1) is 12.7 Å². The third-order valence-electron chi connectivity index (χ3n) is 7.17. The number of ether oxygens (including phenoxy) is 1. The van der Waals surface area contributed by atoms with Crippen molar-refractivity contribution in [2.45, 2.75) is 50.5 Å². The lowest BCUT2D eigenvalue weighted by molar-refractivity contribution is 0.0180. The van der Waals surface area contributed by atoms with Crippen LogP contribution in [0.25, 0.3) is 0 Å². The van der Waals surface area contributed by atoms with Crippen molar-refractivity contribution >= 4 is 6.03 Å². The van der Waals surface area contributed by atoms with Gasteiger partial charge in [0.2, 0.25) is 0 Å². The zero-order valence-electron chi connectivity index (χ0n) is 17.1. The molecular formula is C23H34N2O3. The summed E-state index contributed by atoms with van der Waals surface area (Å²) >= 11 is 0. The van der Waals surface area contributed by atoms with E-state index in [-0.39, 0.29) is 17.6 Å². The number of rotatable bonds is 6. The molecule has 2 saturated heterocycles. The largest absolute Gasteiger partial charge is 0.391 e. The Kier molecular flexibility index (Phi) is 5.93. The van der Waals surface area contributed by atoms with E-state index in [1.807, 2.05) is 9.80 Å². The van der Waals surface area contributed by atoms with Crippen molar-refractivity contribution in [3.63, 3.8) is 0 Å². The van der Waals surface area contributed by atoms with Gasteiger partial charge >= 0.3 is 6.03 Å². The second kappa shape index (κ2) is 8.42. The highest BCUT2D eigenvalue weighted by atomic mass is 16.5. The Morgan fingerprint density at radius 3 is 2.57 bits per heavy atom. The molecule has 2 heterocycles. The van der Waals surface area contributed by atoms with Crippen LogP contribution < -0.4 is 0 Å². The van der Waals surface area contributed by atoms with Gasteiger partial charge in [-0.15, -0.1) is 0 Å². The minimum absolute atomic E-state index is 0.105. The van der Waals surface area contributed by atoms with Crippen LogP contribution in [0.4, 0.5) is 4.79 Å². The van der Waals surface area contributed by atoms with Crippen LogP contribution in [0.15, 0.2) is 30.3 Å². The average molecular weight is 387 g/mol. The van der Waals surface area contributed by atoms with Crippen LogP contribution in [0.3, 0.4) is 0 Å². The summed E-state index contributed by atoms with van der Waals surface area (Å²) in [7, 11) is 1.80. The zero-order valence-corrected chi connectivity index (χ0v) is 17.1. The van der Waals surface area contributed by atoms with E-state index < -0.39 is 0 Å². The van der Waals surface area contributed by atoms with Crippen molar-refractivity contribution in [1.29, 1.82) is 0 Å². The lowest BCUT2D eigenvalue weighted by atomic mass is 9.75. The number of hydrogen-bond acceptors (Lipinski definition) is 3. The molecule has 5 nitrogen and oxygen atoms in total. The second-order valence-corrected chi connectivity index (χ2v) is 9.14. The topological polar surface area (TPSA) is 53.0 Å². The summed E-state index contributed by atoms with van der Waals surface area (Å²) in [5.41, 5.74) is 1.70. The minimum Gasteiger partial charge on any atom is -0.391 e. The summed E-state index contributed by atoms with van der Waals surface area (Å²) in [6.45, 7) is 3.58. The van der Waals surface area contributed by atoms with Crippen molar-refractivity contribution in [3.8, 4) is 0 Å². The number of aliphatic hydroxyl groups is 1. The van der Waals surface area contributed by atoms with Crippen LogP contribution in [0.5, 0.6) is 0 Å². The fraction of sp³-hybridized carbons (Fsp3) is 0.696. The summed E-state index contributed by atoms with van der Waals surface area (Å²) < 4.78 is 5.61.